The highest BCUT2D eigenvalue weighted by atomic mass is 16.7. The molecule has 0 heterocycles. The Bertz CT molecular complexity index is 1060. The zero-order chi connectivity index (χ0) is 36.6. The van der Waals surface area contributed by atoms with Crippen LogP contribution in [0.3, 0.4) is 0 Å². The smallest absolute Gasteiger partial charge is 0.219 e. The van der Waals surface area contributed by atoms with Crippen molar-refractivity contribution in [1.29, 1.82) is 0 Å². The zero-order valence-electron chi connectivity index (χ0n) is 32.8. The van der Waals surface area contributed by atoms with E-state index in [9.17, 15) is 4.79 Å². The van der Waals surface area contributed by atoms with Crippen molar-refractivity contribution in [2.45, 2.75) is 187 Å². The van der Waals surface area contributed by atoms with E-state index in [4.69, 9.17) is 21.1 Å². The van der Waals surface area contributed by atoms with Gasteiger partial charge in [-0.3, -0.25) is 14.5 Å². The average molecular weight is 709 g/mol. The molecule has 4 N–H and O–H groups in total. The molecule has 2 aromatic rings. The minimum atomic E-state index is -0.709. The third-order valence-electron chi connectivity index (χ3n) is 9.85. The molecule has 0 saturated heterocycles. The van der Waals surface area contributed by atoms with Gasteiger partial charge < -0.3 is 11.5 Å². The fourth-order valence-electron chi connectivity index (χ4n) is 6.76. The number of para-hydroxylation sites is 2. The number of amides is 1. The second-order valence-corrected chi connectivity index (χ2v) is 14.5. The Morgan fingerprint density at radius 3 is 1.18 bits per heavy atom. The third-order valence-corrected chi connectivity index (χ3v) is 9.85. The molecule has 51 heavy (non-hydrogen) atoms. The average Bonchev–Trinajstić information content (AvgIpc) is 3.15. The van der Waals surface area contributed by atoms with Gasteiger partial charge in [0.25, 0.3) is 0 Å². The molecule has 2 aromatic carbocycles. The molecule has 0 bridgehead atoms. The largest absolute Gasteiger partial charge is 0.370 e. The fourth-order valence-corrected chi connectivity index (χ4v) is 6.76. The van der Waals surface area contributed by atoms with Gasteiger partial charge in [0.2, 0.25) is 5.91 Å². The molecule has 0 radical (unpaired) electrons. The normalized spacial score (nSPS) is 12.5. The minimum absolute atomic E-state index is 0.0276. The molecule has 2 atom stereocenters. The van der Waals surface area contributed by atoms with E-state index in [-0.39, 0.29) is 6.42 Å². The van der Waals surface area contributed by atoms with Gasteiger partial charge >= 0.3 is 0 Å². The Morgan fingerprint density at radius 1 is 0.510 bits per heavy atom. The number of anilines is 2. The number of hydrogen-bond acceptors (Lipinski definition) is 6. The van der Waals surface area contributed by atoms with E-state index in [0.717, 1.165) is 37.1 Å². The molecule has 1 amide bonds. The summed E-state index contributed by atoms with van der Waals surface area (Å²) in [4.78, 5) is 25.4. The van der Waals surface area contributed by atoms with Crippen molar-refractivity contribution in [2.24, 2.45) is 11.5 Å². The summed E-state index contributed by atoms with van der Waals surface area (Å²) in [7, 11) is 0. The highest BCUT2D eigenvalue weighted by molar-refractivity contribution is 5.75. The molecule has 0 aliphatic rings. The summed E-state index contributed by atoms with van der Waals surface area (Å²) in [6.07, 6.45) is 30.2. The number of carbonyl (C=O) groups excluding carboxylic acids is 1. The third kappa shape index (κ3) is 21.5. The number of primary amides is 1. The fraction of sp³-hybridized carbons (Fsp3) is 0.705. The van der Waals surface area contributed by atoms with Crippen LogP contribution in [0.5, 0.6) is 0 Å². The SMILES string of the molecule is CCCCCCCCCCCCCCON(c1ccccc1)C(N)C(CC(N)=O)N(OCCCCCCCCCCCCCC)c1ccccc1. The number of unbranched alkanes of at least 4 members (excludes halogenated alkanes) is 22. The lowest BCUT2D eigenvalue weighted by Crippen LogP contribution is -2.58. The van der Waals surface area contributed by atoms with E-state index in [0.29, 0.717) is 13.2 Å². The Kier molecular flexibility index (Phi) is 27.0. The predicted octanol–water partition coefficient (Wildman–Crippen LogP) is 11.8. The van der Waals surface area contributed by atoms with Crippen LogP contribution in [0.25, 0.3) is 0 Å². The number of carbonyl (C=O) groups is 1. The van der Waals surface area contributed by atoms with Gasteiger partial charge in [-0.15, -0.1) is 0 Å². The topological polar surface area (TPSA) is 94.1 Å². The Balaban J connectivity index is 1.91. The van der Waals surface area contributed by atoms with Gasteiger partial charge in [0.1, 0.15) is 12.2 Å². The highest BCUT2D eigenvalue weighted by Crippen LogP contribution is 2.26. The molecule has 0 saturated carbocycles. The Morgan fingerprint density at radius 2 is 0.824 bits per heavy atom. The van der Waals surface area contributed by atoms with Crippen LogP contribution in [0.1, 0.15) is 174 Å². The molecule has 7 heteroatoms. The maximum atomic E-state index is 12.5. The standard InChI is InChI=1S/C44H76N4O3/c1-3-5-7-9-11-13-15-17-19-21-23-31-37-50-47(40-33-27-25-28-34-40)42(39-43(45)49)44(46)48(41-35-29-26-30-36-41)51-38-32-24-22-20-18-16-14-12-10-8-6-4-2/h25-30,33-36,42,44H,3-24,31-32,37-39,46H2,1-2H3,(H2,45,49). The molecule has 0 spiro atoms. The predicted molar refractivity (Wildman–Crippen MR) is 217 cm³/mol. The summed E-state index contributed by atoms with van der Waals surface area (Å²) >= 11 is 0. The number of benzene rings is 2. The Hall–Kier alpha value is -2.61. The van der Waals surface area contributed by atoms with Gasteiger partial charge in [-0.1, -0.05) is 192 Å². The Labute approximate surface area is 313 Å². The van der Waals surface area contributed by atoms with Crippen LogP contribution in [-0.2, 0) is 14.5 Å². The summed E-state index contributed by atoms with van der Waals surface area (Å²) in [5.74, 6) is -0.431. The van der Waals surface area contributed by atoms with E-state index in [1.165, 1.54) is 128 Å². The first-order valence-corrected chi connectivity index (χ1v) is 21.1. The summed E-state index contributed by atoms with van der Waals surface area (Å²) in [5, 5.41) is 3.56. The molecule has 0 aromatic heterocycles. The van der Waals surface area contributed by atoms with Crippen LogP contribution in [0.2, 0.25) is 0 Å². The van der Waals surface area contributed by atoms with Crippen molar-refractivity contribution in [3.63, 3.8) is 0 Å². The van der Waals surface area contributed by atoms with Crippen molar-refractivity contribution < 1.29 is 14.5 Å². The first kappa shape index (κ1) is 44.6. The molecule has 2 unspecified atom stereocenters. The van der Waals surface area contributed by atoms with Crippen molar-refractivity contribution in [1.82, 2.24) is 0 Å². The maximum Gasteiger partial charge on any atom is 0.219 e. The van der Waals surface area contributed by atoms with Crippen LogP contribution >= 0.6 is 0 Å². The number of hydroxylamine groups is 2. The lowest BCUT2D eigenvalue weighted by Gasteiger charge is -2.40. The molecule has 290 valence electrons. The molecule has 0 fully saturated rings. The second-order valence-electron chi connectivity index (χ2n) is 14.5. The van der Waals surface area contributed by atoms with Crippen molar-refractivity contribution in [2.75, 3.05) is 23.3 Å². The second kappa shape index (κ2) is 31.0. The molecular weight excluding hydrogens is 633 g/mol. The monoisotopic (exact) mass is 709 g/mol. The van der Waals surface area contributed by atoms with Crippen LogP contribution in [0.4, 0.5) is 11.4 Å². The van der Waals surface area contributed by atoms with Crippen LogP contribution in [-0.4, -0.2) is 31.3 Å². The van der Waals surface area contributed by atoms with Crippen molar-refractivity contribution >= 4 is 17.3 Å². The number of hydrogen-bond donors (Lipinski definition) is 2. The van der Waals surface area contributed by atoms with E-state index in [1.54, 1.807) is 10.1 Å². The summed E-state index contributed by atoms with van der Waals surface area (Å²) < 4.78 is 0. The number of nitrogens with zero attached hydrogens (tertiary/aromatic N) is 2. The number of rotatable bonds is 35. The lowest BCUT2D eigenvalue weighted by atomic mass is 10.1. The van der Waals surface area contributed by atoms with Crippen LogP contribution in [0, 0.1) is 0 Å². The molecule has 7 nitrogen and oxygen atoms in total. The summed E-state index contributed by atoms with van der Waals surface area (Å²) in [5.41, 5.74) is 14.6. The molecular formula is C44H76N4O3. The number of nitrogens with two attached hydrogens (primary N) is 2. The first-order chi connectivity index (χ1) is 25.1. The summed E-state index contributed by atoms with van der Waals surface area (Å²) in [6, 6.07) is 19.2. The van der Waals surface area contributed by atoms with Gasteiger partial charge in [0.15, 0.2) is 0 Å². The van der Waals surface area contributed by atoms with Crippen LogP contribution < -0.4 is 21.6 Å². The quantitative estimate of drug-likeness (QED) is 0.0420. The van der Waals surface area contributed by atoms with Gasteiger partial charge in [0.05, 0.1) is 31.0 Å². The lowest BCUT2D eigenvalue weighted by molar-refractivity contribution is -0.119. The van der Waals surface area contributed by atoms with Gasteiger partial charge in [-0.05, 0) is 37.1 Å². The maximum absolute atomic E-state index is 12.5. The van der Waals surface area contributed by atoms with Crippen LogP contribution in [0.15, 0.2) is 60.7 Å². The van der Waals surface area contributed by atoms with E-state index >= 15 is 0 Å². The minimum Gasteiger partial charge on any atom is -0.370 e. The molecule has 2 rings (SSSR count). The van der Waals surface area contributed by atoms with Crippen molar-refractivity contribution in [3.05, 3.63) is 60.7 Å². The van der Waals surface area contributed by atoms with Gasteiger partial charge in [0, 0.05) is 0 Å². The van der Waals surface area contributed by atoms with E-state index in [2.05, 4.69) is 13.8 Å². The van der Waals surface area contributed by atoms with E-state index < -0.39 is 18.1 Å². The molecule has 0 aliphatic heterocycles. The summed E-state index contributed by atoms with van der Waals surface area (Å²) in [6.45, 7) is 5.64. The van der Waals surface area contributed by atoms with E-state index in [1.807, 2.05) is 60.7 Å². The zero-order valence-corrected chi connectivity index (χ0v) is 32.8. The molecule has 0 aliphatic carbocycles. The van der Waals surface area contributed by atoms with Crippen molar-refractivity contribution in [3.8, 4) is 0 Å². The van der Waals surface area contributed by atoms with Gasteiger partial charge in [-0.25, -0.2) is 10.1 Å². The van der Waals surface area contributed by atoms with Gasteiger partial charge in [-0.2, -0.15) is 0 Å². The highest BCUT2D eigenvalue weighted by Gasteiger charge is 2.33. The first-order valence-electron chi connectivity index (χ1n) is 21.1.